The third-order valence-electron chi connectivity index (χ3n) is 5.39. The molecule has 0 radical (unpaired) electrons. The van der Waals surface area contributed by atoms with Gasteiger partial charge in [-0.1, -0.05) is 12.1 Å². The van der Waals surface area contributed by atoms with Crippen LogP contribution >= 0.6 is 0 Å². The maximum atomic E-state index is 12.9. The standard InChI is InChI=1S/C23H29N3O4/c1-17(27)24-19-10-8-18(9-11-19)16-22(28)30-15-12-20-6-3-4-14-26(20)23(29)21-7-5-13-25(21)2/h5,7-11,13,20H,3-4,6,12,14-16H2,1-2H3,(H,24,27). The van der Waals surface area contributed by atoms with Gasteiger partial charge in [-0.3, -0.25) is 14.4 Å². The van der Waals surface area contributed by atoms with Crippen molar-refractivity contribution >= 4 is 23.5 Å². The molecule has 1 unspecified atom stereocenters. The molecule has 3 rings (SSSR count). The van der Waals surface area contributed by atoms with E-state index in [1.54, 1.807) is 24.3 Å². The molecule has 0 aliphatic carbocycles. The molecule has 1 aliphatic heterocycles. The van der Waals surface area contributed by atoms with E-state index in [4.69, 9.17) is 4.74 Å². The smallest absolute Gasteiger partial charge is 0.310 e. The lowest BCUT2D eigenvalue weighted by atomic mass is 9.99. The number of carbonyl (C=O) groups is 3. The van der Waals surface area contributed by atoms with Gasteiger partial charge < -0.3 is 19.5 Å². The minimum atomic E-state index is -0.293. The van der Waals surface area contributed by atoms with Crippen molar-refractivity contribution in [1.82, 2.24) is 9.47 Å². The topological polar surface area (TPSA) is 80.6 Å². The second kappa shape index (κ2) is 10.1. The van der Waals surface area contributed by atoms with Gasteiger partial charge in [0, 0.05) is 44.9 Å². The Hall–Kier alpha value is -3.09. The number of hydrogen-bond acceptors (Lipinski definition) is 4. The number of piperidine rings is 1. The van der Waals surface area contributed by atoms with E-state index in [0.717, 1.165) is 31.4 Å². The van der Waals surface area contributed by atoms with E-state index in [-0.39, 0.29) is 30.2 Å². The Morgan fingerprint density at radius 2 is 1.90 bits per heavy atom. The zero-order valence-electron chi connectivity index (χ0n) is 17.6. The highest BCUT2D eigenvalue weighted by Crippen LogP contribution is 2.22. The van der Waals surface area contributed by atoms with Gasteiger partial charge in [-0.2, -0.15) is 0 Å². The Balaban J connectivity index is 1.48. The number of likely N-dealkylation sites (tertiary alicyclic amines) is 1. The molecular formula is C23H29N3O4. The lowest BCUT2D eigenvalue weighted by molar-refractivity contribution is -0.143. The summed E-state index contributed by atoms with van der Waals surface area (Å²) in [4.78, 5) is 38.1. The van der Waals surface area contributed by atoms with Gasteiger partial charge in [-0.05, 0) is 49.1 Å². The molecule has 7 nitrogen and oxygen atoms in total. The number of ether oxygens (including phenoxy) is 1. The first kappa shape index (κ1) is 21.6. The van der Waals surface area contributed by atoms with Crippen LogP contribution in [0.5, 0.6) is 0 Å². The summed E-state index contributed by atoms with van der Waals surface area (Å²) in [6.07, 6.45) is 5.70. The summed E-state index contributed by atoms with van der Waals surface area (Å²) in [7, 11) is 1.87. The fraction of sp³-hybridized carbons (Fsp3) is 0.435. The molecule has 1 fully saturated rings. The SMILES string of the molecule is CC(=O)Nc1ccc(CC(=O)OCCC2CCCCN2C(=O)c2cccn2C)cc1. The zero-order valence-corrected chi connectivity index (χ0v) is 17.6. The van der Waals surface area contributed by atoms with Crippen molar-refractivity contribution in [2.75, 3.05) is 18.5 Å². The van der Waals surface area contributed by atoms with E-state index >= 15 is 0 Å². The van der Waals surface area contributed by atoms with E-state index < -0.39 is 0 Å². The van der Waals surface area contributed by atoms with Gasteiger partial charge in [-0.15, -0.1) is 0 Å². The summed E-state index contributed by atoms with van der Waals surface area (Å²) in [5.41, 5.74) is 2.20. The summed E-state index contributed by atoms with van der Waals surface area (Å²) in [6.45, 7) is 2.49. The monoisotopic (exact) mass is 411 g/mol. The first-order valence-corrected chi connectivity index (χ1v) is 10.4. The van der Waals surface area contributed by atoms with Crippen LogP contribution < -0.4 is 5.32 Å². The average molecular weight is 412 g/mol. The fourth-order valence-corrected chi connectivity index (χ4v) is 3.83. The molecule has 1 aromatic carbocycles. The number of amides is 2. The summed E-state index contributed by atoms with van der Waals surface area (Å²) < 4.78 is 7.27. The van der Waals surface area contributed by atoms with Gasteiger partial charge >= 0.3 is 5.97 Å². The van der Waals surface area contributed by atoms with Crippen LogP contribution in [0.4, 0.5) is 5.69 Å². The molecule has 2 amide bonds. The van der Waals surface area contributed by atoms with Crippen molar-refractivity contribution in [3.05, 3.63) is 53.9 Å². The third kappa shape index (κ3) is 5.72. The summed E-state index contributed by atoms with van der Waals surface area (Å²) in [5.74, 6) is -0.388. The number of aryl methyl sites for hydroxylation is 1. The highest BCUT2D eigenvalue weighted by molar-refractivity contribution is 5.93. The Bertz CT molecular complexity index is 888. The summed E-state index contributed by atoms with van der Waals surface area (Å²) in [6, 6.07) is 10.9. The maximum Gasteiger partial charge on any atom is 0.310 e. The van der Waals surface area contributed by atoms with Crippen molar-refractivity contribution in [2.45, 2.75) is 45.1 Å². The average Bonchev–Trinajstić information content (AvgIpc) is 3.15. The Labute approximate surface area is 177 Å². The lowest BCUT2D eigenvalue weighted by Crippen LogP contribution is -2.44. The largest absolute Gasteiger partial charge is 0.465 e. The predicted molar refractivity (Wildman–Crippen MR) is 114 cm³/mol. The van der Waals surface area contributed by atoms with Crippen molar-refractivity contribution < 1.29 is 19.1 Å². The van der Waals surface area contributed by atoms with Gasteiger partial charge in [-0.25, -0.2) is 0 Å². The highest BCUT2D eigenvalue weighted by Gasteiger charge is 2.28. The number of anilines is 1. The van der Waals surface area contributed by atoms with Gasteiger partial charge in [0.15, 0.2) is 0 Å². The number of hydrogen-bond donors (Lipinski definition) is 1. The number of esters is 1. The molecule has 0 spiro atoms. The third-order valence-corrected chi connectivity index (χ3v) is 5.39. The first-order chi connectivity index (χ1) is 14.4. The molecule has 1 saturated heterocycles. The second-order valence-electron chi connectivity index (χ2n) is 7.72. The van der Waals surface area contributed by atoms with E-state index in [0.29, 0.717) is 24.4 Å². The first-order valence-electron chi connectivity index (χ1n) is 10.4. The van der Waals surface area contributed by atoms with Crippen molar-refractivity contribution in [3.63, 3.8) is 0 Å². The van der Waals surface area contributed by atoms with E-state index in [9.17, 15) is 14.4 Å². The van der Waals surface area contributed by atoms with E-state index in [1.165, 1.54) is 6.92 Å². The molecule has 160 valence electrons. The van der Waals surface area contributed by atoms with Crippen LogP contribution in [0, 0.1) is 0 Å². The number of carbonyl (C=O) groups excluding carboxylic acids is 3. The van der Waals surface area contributed by atoms with Crippen LogP contribution in [0.25, 0.3) is 0 Å². The molecule has 2 aromatic rings. The molecule has 30 heavy (non-hydrogen) atoms. The Morgan fingerprint density at radius 3 is 2.57 bits per heavy atom. The molecule has 1 aliphatic rings. The molecule has 0 saturated carbocycles. The van der Waals surface area contributed by atoms with Crippen molar-refractivity contribution in [1.29, 1.82) is 0 Å². The van der Waals surface area contributed by atoms with E-state index in [2.05, 4.69) is 5.32 Å². The highest BCUT2D eigenvalue weighted by atomic mass is 16.5. The summed E-state index contributed by atoms with van der Waals surface area (Å²) >= 11 is 0. The normalized spacial score (nSPS) is 16.2. The Kier molecular flexibility index (Phi) is 7.27. The fourth-order valence-electron chi connectivity index (χ4n) is 3.83. The van der Waals surface area contributed by atoms with Gasteiger partial charge in [0.05, 0.1) is 13.0 Å². The van der Waals surface area contributed by atoms with Crippen LogP contribution in [0.15, 0.2) is 42.6 Å². The minimum absolute atomic E-state index is 0.0396. The second-order valence-corrected chi connectivity index (χ2v) is 7.72. The lowest BCUT2D eigenvalue weighted by Gasteiger charge is -2.35. The number of nitrogens with zero attached hydrogens (tertiary/aromatic N) is 2. The molecule has 2 heterocycles. The van der Waals surface area contributed by atoms with Crippen LogP contribution in [-0.2, 0) is 27.8 Å². The van der Waals surface area contributed by atoms with Gasteiger partial charge in [0.2, 0.25) is 5.91 Å². The van der Waals surface area contributed by atoms with Crippen LogP contribution in [0.2, 0.25) is 0 Å². The minimum Gasteiger partial charge on any atom is -0.465 e. The van der Waals surface area contributed by atoms with Crippen LogP contribution in [0.1, 0.15) is 48.7 Å². The zero-order chi connectivity index (χ0) is 21.5. The molecule has 7 heteroatoms. The number of nitrogens with one attached hydrogen (secondary N) is 1. The number of aromatic nitrogens is 1. The van der Waals surface area contributed by atoms with Crippen LogP contribution in [0.3, 0.4) is 0 Å². The molecule has 0 bridgehead atoms. The molecule has 1 atom stereocenters. The summed E-state index contributed by atoms with van der Waals surface area (Å²) in [5, 5.41) is 2.69. The number of rotatable bonds is 7. The van der Waals surface area contributed by atoms with Crippen molar-refractivity contribution in [2.24, 2.45) is 7.05 Å². The predicted octanol–water partition coefficient (Wildman–Crippen LogP) is 3.15. The van der Waals surface area contributed by atoms with Crippen LogP contribution in [-0.4, -0.2) is 46.4 Å². The number of benzene rings is 1. The van der Waals surface area contributed by atoms with Crippen molar-refractivity contribution in [3.8, 4) is 0 Å². The van der Waals surface area contributed by atoms with Gasteiger partial charge in [0.25, 0.3) is 5.91 Å². The molecule has 1 aromatic heterocycles. The Morgan fingerprint density at radius 1 is 1.13 bits per heavy atom. The van der Waals surface area contributed by atoms with Gasteiger partial charge in [0.1, 0.15) is 5.69 Å². The molecule has 1 N–H and O–H groups in total. The maximum absolute atomic E-state index is 12.9. The quantitative estimate of drug-likeness (QED) is 0.710. The van der Waals surface area contributed by atoms with E-state index in [1.807, 2.05) is 34.8 Å². The molecular weight excluding hydrogens is 382 g/mol.